The summed E-state index contributed by atoms with van der Waals surface area (Å²) < 4.78 is 41.8. The number of nitrogens with one attached hydrogen (secondary N) is 2. The second-order valence-corrected chi connectivity index (χ2v) is 11.0. The van der Waals surface area contributed by atoms with Crippen LogP contribution in [0.15, 0.2) is 24.3 Å². The lowest BCUT2D eigenvalue weighted by atomic mass is 10.2. The van der Waals surface area contributed by atoms with E-state index in [1.807, 2.05) is 6.07 Å². The van der Waals surface area contributed by atoms with E-state index in [4.69, 9.17) is 19.5 Å². The van der Waals surface area contributed by atoms with Crippen LogP contribution in [0.3, 0.4) is 0 Å². The standard InChI is InChI=1S/C21H26FN7O2S/c1-13-12-31-9-8-28(13)18-11-17(21(6-7-21)32(3,23)30)26-20(27-18)29-16-10-14(22)4-5-15(16)25-19(29)24-2/h4-5,10-11,13,23H,6-9,12H2,1-3H3,(H,24,25)/t13-,32+/m1/s1. The summed E-state index contributed by atoms with van der Waals surface area (Å²) in [5.74, 6) is 1.07. The van der Waals surface area contributed by atoms with Gasteiger partial charge >= 0.3 is 0 Å². The van der Waals surface area contributed by atoms with Crippen LogP contribution in [0, 0.1) is 10.6 Å². The lowest BCUT2D eigenvalue weighted by Gasteiger charge is -2.34. The van der Waals surface area contributed by atoms with Crippen LogP contribution < -0.4 is 10.2 Å². The SMILES string of the molecule is CNc1nc2ccc(F)cc2n1-c1nc(N2CCOC[C@H]2C)cc(C2([S@@](C)(=N)=O)CC2)n1. The van der Waals surface area contributed by atoms with E-state index in [-0.39, 0.29) is 11.9 Å². The first-order valence-corrected chi connectivity index (χ1v) is 12.5. The lowest BCUT2D eigenvalue weighted by Crippen LogP contribution is -2.44. The molecule has 9 nitrogen and oxygen atoms in total. The van der Waals surface area contributed by atoms with Gasteiger partial charge in [0.15, 0.2) is 0 Å². The molecule has 0 spiro atoms. The topological polar surface area (TPSA) is 109 Å². The molecule has 32 heavy (non-hydrogen) atoms. The summed E-state index contributed by atoms with van der Waals surface area (Å²) in [6.07, 6.45) is 2.75. The molecule has 2 fully saturated rings. The van der Waals surface area contributed by atoms with Gasteiger partial charge < -0.3 is 15.0 Å². The lowest BCUT2D eigenvalue weighted by molar-refractivity contribution is 0.0985. The van der Waals surface area contributed by atoms with E-state index in [1.165, 1.54) is 18.4 Å². The highest BCUT2D eigenvalue weighted by Crippen LogP contribution is 2.52. The highest BCUT2D eigenvalue weighted by atomic mass is 32.2. The minimum Gasteiger partial charge on any atom is -0.377 e. The summed E-state index contributed by atoms with van der Waals surface area (Å²) in [6.45, 7) is 3.87. The van der Waals surface area contributed by atoms with Gasteiger partial charge in [-0.05, 0) is 31.9 Å². The number of halogens is 1. The summed E-state index contributed by atoms with van der Waals surface area (Å²) in [7, 11) is -1.16. The van der Waals surface area contributed by atoms with Crippen molar-refractivity contribution in [2.24, 2.45) is 0 Å². The Morgan fingerprint density at radius 3 is 2.72 bits per heavy atom. The Labute approximate surface area is 186 Å². The van der Waals surface area contributed by atoms with E-state index in [0.717, 1.165) is 0 Å². The summed E-state index contributed by atoms with van der Waals surface area (Å²) in [6, 6.07) is 6.33. The fraction of sp³-hybridized carbons (Fsp3) is 0.476. The molecule has 0 bridgehead atoms. The second kappa shape index (κ2) is 7.38. The van der Waals surface area contributed by atoms with Crippen molar-refractivity contribution in [3.8, 4) is 5.95 Å². The molecule has 0 unspecified atom stereocenters. The summed E-state index contributed by atoms with van der Waals surface area (Å²) in [5.41, 5.74) is 1.71. The second-order valence-electron chi connectivity index (χ2n) is 8.52. The number of rotatable bonds is 5. The van der Waals surface area contributed by atoms with Gasteiger partial charge in [-0.2, -0.15) is 4.98 Å². The molecule has 170 valence electrons. The average molecular weight is 460 g/mol. The molecule has 5 rings (SSSR count). The molecule has 2 atom stereocenters. The van der Waals surface area contributed by atoms with Crippen LogP contribution in [0.5, 0.6) is 0 Å². The van der Waals surface area contributed by atoms with E-state index in [2.05, 4.69) is 22.1 Å². The van der Waals surface area contributed by atoms with E-state index < -0.39 is 14.5 Å². The monoisotopic (exact) mass is 459 g/mol. The number of benzene rings is 1. The Balaban J connectivity index is 1.76. The molecule has 3 heterocycles. The van der Waals surface area contributed by atoms with Crippen LogP contribution in [0.2, 0.25) is 0 Å². The van der Waals surface area contributed by atoms with Gasteiger partial charge in [0.25, 0.3) is 0 Å². The van der Waals surface area contributed by atoms with Crippen molar-refractivity contribution < 1.29 is 13.3 Å². The molecule has 1 aliphatic heterocycles. The zero-order valence-electron chi connectivity index (χ0n) is 18.3. The Morgan fingerprint density at radius 2 is 2.06 bits per heavy atom. The molecule has 1 saturated heterocycles. The molecular formula is C21H26FN7O2S. The Bertz CT molecular complexity index is 1300. The molecule has 11 heteroatoms. The maximum atomic E-state index is 14.1. The molecular weight excluding hydrogens is 433 g/mol. The van der Waals surface area contributed by atoms with E-state index in [9.17, 15) is 8.60 Å². The van der Waals surface area contributed by atoms with Gasteiger partial charge in [0.2, 0.25) is 11.9 Å². The van der Waals surface area contributed by atoms with Crippen molar-refractivity contribution in [2.45, 2.75) is 30.6 Å². The number of nitrogens with zero attached hydrogens (tertiary/aromatic N) is 5. The normalized spacial score (nSPS) is 22.0. The Kier molecular flexibility index (Phi) is 4.86. The van der Waals surface area contributed by atoms with Crippen molar-refractivity contribution >= 4 is 32.5 Å². The first-order valence-electron chi connectivity index (χ1n) is 10.6. The molecule has 3 aromatic rings. The molecule has 0 amide bonds. The van der Waals surface area contributed by atoms with Crippen LogP contribution in [-0.2, 0) is 19.2 Å². The third-order valence-electron chi connectivity index (χ3n) is 6.32. The number of morpholine rings is 1. The number of hydrogen-bond donors (Lipinski definition) is 2. The zero-order valence-corrected chi connectivity index (χ0v) is 19.1. The molecule has 1 saturated carbocycles. The third-order valence-corrected chi connectivity index (χ3v) is 8.43. The molecule has 2 aliphatic rings. The highest BCUT2D eigenvalue weighted by Gasteiger charge is 2.53. The van der Waals surface area contributed by atoms with Crippen LogP contribution in [0.1, 0.15) is 25.5 Å². The maximum absolute atomic E-state index is 14.1. The van der Waals surface area contributed by atoms with Gasteiger partial charge in [0.05, 0.1) is 50.5 Å². The number of imidazole rings is 1. The largest absolute Gasteiger partial charge is 0.377 e. The number of fused-ring (bicyclic) bond motifs is 1. The van der Waals surface area contributed by atoms with Crippen molar-refractivity contribution in [3.63, 3.8) is 0 Å². The average Bonchev–Trinajstić information content (AvgIpc) is 3.50. The van der Waals surface area contributed by atoms with Gasteiger partial charge in [-0.1, -0.05) is 0 Å². The van der Waals surface area contributed by atoms with Crippen molar-refractivity contribution in [3.05, 3.63) is 35.8 Å². The number of ether oxygens (including phenoxy) is 1. The number of hydrogen-bond acceptors (Lipinski definition) is 8. The van der Waals surface area contributed by atoms with Gasteiger partial charge in [0, 0.05) is 32.0 Å². The zero-order chi connectivity index (χ0) is 22.7. The molecule has 2 aromatic heterocycles. The van der Waals surface area contributed by atoms with Crippen LogP contribution >= 0.6 is 0 Å². The highest BCUT2D eigenvalue weighted by molar-refractivity contribution is 7.92. The Morgan fingerprint density at radius 1 is 1.28 bits per heavy atom. The summed E-state index contributed by atoms with van der Waals surface area (Å²) in [4.78, 5) is 16.3. The Hall–Kier alpha value is -2.79. The first kappa shape index (κ1) is 21.1. The molecule has 0 radical (unpaired) electrons. The van der Waals surface area contributed by atoms with E-state index in [1.54, 1.807) is 17.7 Å². The summed E-state index contributed by atoms with van der Waals surface area (Å²) >= 11 is 0. The fourth-order valence-electron chi connectivity index (χ4n) is 4.35. The van der Waals surface area contributed by atoms with Crippen LogP contribution in [0.4, 0.5) is 16.2 Å². The van der Waals surface area contributed by atoms with Gasteiger partial charge in [-0.3, -0.25) is 4.78 Å². The van der Waals surface area contributed by atoms with E-state index >= 15 is 0 Å². The van der Waals surface area contributed by atoms with E-state index in [0.29, 0.717) is 67.0 Å². The quantitative estimate of drug-likeness (QED) is 0.604. The molecule has 1 aromatic carbocycles. The van der Waals surface area contributed by atoms with Crippen LogP contribution in [0.25, 0.3) is 17.0 Å². The van der Waals surface area contributed by atoms with Crippen molar-refractivity contribution in [2.75, 3.05) is 43.3 Å². The number of anilines is 2. The van der Waals surface area contributed by atoms with Gasteiger partial charge in [0.1, 0.15) is 11.6 Å². The third kappa shape index (κ3) is 3.30. The predicted molar refractivity (Wildman–Crippen MR) is 121 cm³/mol. The van der Waals surface area contributed by atoms with Gasteiger partial charge in [-0.25, -0.2) is 23.1 Å². The fourth-order valence-corrected chi connectivity index (χ4v) is 5.73. The maximum Gasteiger partial charge on any atom is 0.239 e. The van der Waals surface area contributed by atoms with Crippen LogP contribution in [-0.4, -0.2) is 62.8 Å². The molecule has 1 aliphatic carbocycles. The predicted octanol–water partition coefficient (Wildman–Crippen LogP) is 2.89. The smallest absolute Gasteiger partial charge is 0.239 e. The summed E-state index contributed by atoms with van der Waals surface area (Å²) in [5, 5.41) is 3.04. The molecule has 2 N–H and O–H groups in total. The first-order chi connectivity index (χ1) is 15.2. The number of aromatic nitrogens is 4. The minimum atomic E-state index is -2.89. The van der Waals surface area contributed by atoms with Gasteiger partial charge in [-0.15, -0.1) is 0 Å². The van der Waals surface area contributed by atoms with Crippen molar-refractivity contribution in [1.29, 1.82) is 4.78 Å². The van der Waals surface area contributed by atoms with Crippen molar-refractivity contribution in [1.82, 2.24) is 19.5 Å². The minimum absolute atomic E-state index is 0.0947.